The molecule has 0 amide bonds. The van der Waals surface area contributed by atoms with Gasteiger partial charge in [0.2, 0.25) is 0 Å². The summed E-state index contributed by atoms with van der Waals surface area (Å²) in [6.45, 7) is 2.01. The zero-order chi connectivity index (χ0) is 18.5. The largest absolute Gasteiger partial charge is 0.481 e. The van der Waals surface area contributed by atoms with Crippen LogP contribution in [-0.4, -0.2) is 16.1 Å². The number of hydrogen-bond donors (Lipinski definition) is 2. The lowest BCUT2D eigenvalue weighted by atomic mass is 9.92. The Morgan fingerprint density at radius 1 is 1.27 bits per heavy atom. The molecule has 0 saturated heterocycles. The molecule has 0 unspecified atom stereocenters. The highest BCUT2D eigenvalue weighted by Gasteiger charge is 2.17. The molecule has 4 nitrogen and oxygen atoms in total. The van der Waals surface area contributed by atoms with Crippen LogP contribution in [-0.2, 0) is 4.79 Å². The minimum Gasteiger partial charge on any atom is -0.481 e. The lowest BCUT2D eigenvalue weighted by molar-refractivity contribution is -0.137. The van der Waals surface area contributed by atoms with Crippen LogP contribution in [0.25, 0.3) is 10.6 Å². The highest BCUT2D eigenvalue weighted by Crippen LogP contribution is 2.35. The van der Waals surface area contributed by atoms with E-state index in [9.17, 15) is 9.90 Å². The molecule has 2 N–H and O–H groups in total. The van der Waals surface area contributed by atoms with Crippen molar-refractivity contribution in [2.45, 2.75) is 25.7 Å². The van der Waals surface area contributed by atoms with Gasteiger partial charge < -0.3 is 10.4 Å². The van der Waals surface area contributed by atoms with Crippen LogP contribution in [0.5, 0.6) is 0 Å². The van der Waals surface area contributed by atoms with Crippen molar-refractivity contribution < 1.29 is 9.90 Å². The predicted molar refractivity (Wildman–Crippen MR) is 108 cm³/mol. The summed E-state index contributed by atoms with van der Waals surface area (Å²) < 4.78 is 0. The molecular weight excluding hydrogens is 368 g/mol. The molecule has 0 bridgehead atoms. The van der Waals surface area contributed by atoms with E-state index in [-0.39, 0.29) is 12.3 Å². The third-order valence-corrected chi connectivity index (χ3v) is 5.27. The Bertz CT molecular complexity index is 879. The van der Waals surface area contributed by atoms with E-state index >= 15 is 0 Å². The van der Waals surface area contributed by atoms with E-state index in [1.165, 1.54) is 0 Å². The lowest BCUT2D eigenvalue weighted by Gasteiger charge is -2.17. The molecule has 2 aromatic carbocycles. The highest BCUT2D eigenvalue weighted by molar-refractivity contribution is 7.13. The molecular formula is C20H19ClN2O2S. The monoisotopic (exact) mass is 386 g/mol. The molecule has 6 heteroatoms. The standard InChI is InChI=1S/C20H19ClN2O2S/c1-2-13(12-19(24)25)14-3-8-17(20-22-9-10-26-20)18(11-14)23-16-6-4-15(21)5-7-16/h3-11,13,23H,2,12H2,1H3,(H,24,25)/t13-/m1/s1. The van der Waals surface area contributed by atoms with E-state index in [4.69, 9.17) is 11.6 Å². The molecule has 1 aromatic heterocycles. The minimum absolute atomic E-state index is 0.0244. The van der Waals surface area contributed by atoms with Crippen LogP contribution in [0.2, 0.25) is 5.02 Å². The van der Waals surface area contributed by atoms with Gasteiger partial charge in [0.25, 0.3) is 0 Å². The SMILES string of the molecule is CC[C@H](CC(=O)O)c1ccc(-c2nccs2)c(Nc2ccc(Cl)cc2)c1. The van der Waals surface area contributed by atoms with Crippen molar-refractivity contribution in [1.29, 1.82) is 0 Å². The van der Waals surface area contributed by atoms with Gasteiger partial charge in [-0.05, 0) is 54.3 Å². The van der Waals surface area contributed by atoms with Gasteiger partial charge in [0, 0.05) is 33.5 Å². The van der Waals surface area contributed by atoms with Crippen LogP contribution < -0.4 is 5.32 Å². The Labute approximate surface area is 161 Å². The molecule has 3 rings (SSSR count). The topological polar surface area (TPSA) is 62.2 Å². The molecule has 0 aliphatic carbocycles. The molecule has 0 aliphatic rings. The Hall–Kier alpha value is -2.37. The van der Waals surface area contributed by atoms with Crippen LogP contribution in [0.15, 0.2) is 54.0 Å². The number of rotatable bonds is 7. The number of anilines is 2. The first-order valence-corrected chi connectivity index (χ1v) is 9.60. The summed E-state index contributed by atoms with van der Waals surface area (Å²) in [5.74, 6) is -0.809. The van der Waals surface area contributed by atoms with Gasteiger partial charge in [0.15, 0.2) is 0 Å². The molecule has 0 fully saturated rings. The van der Waals surface area contributed by atoms with Crippen molar-refractivity contribution in [1.82, 2.24) is 4.98 Å². The second-order valence-corrected chi connectivity index (χ2v) is 7.31. The van der Waals surface area contributed by atoms with Gasteiger partial charge in [0.05, 0.1) is 6.42 Å². The Balaban J connectivity index is 2.00. The highest BCUT2D eigenvalue weighted by atomic mass is 35.5. The molecule has 1 atom stereocenters. The molecule has 26 heavy (non-hydrogen) atoms. The van der Waals surface area contributed by atoms with Gasteiger partial charge in [-0.25, -0.2) is 4.98 Å². The molecule has 0 spiro atoms. The Kier molecular flexibility index (Phi) is 5.91. The summed E-state index contributed by atoms with van der Waals surface area (Å²) in [6.07, 6.45) is 2.66. The van der Waals surface area contributed by atoms with Crippen molar-refractivity contribution in [3.63, 3.8) is 0 Å². The first kappa shape index (κ1) is 18.4. The number of carboxylic acid groups (broad SMARTS) is 1. The summed E-state index contributed by atoms with van der Waals surface area (Å²) in [7, 11) is 0. The Morgan fingerprint density at radius 2 is 2.04 bits per heavy atom. The number of nitrogens with zero attached hydrogens (tertiary/aromatic N) is 1. The second kappa shape index (κ2) is 8.34. The fourth-order valence-corrected chi connectivity index (χ4v) is 3.66. The van der Waals surface area contributed by atoms with Crippen LogP contribution in [0.4, 0.5) is 11.4 Å². The quantitative estimate of drug-likeness (QED) is 0.509. The smallest absolute Gasteiger partial charge is 0.303 e. The maximum absolute atomic E-state index is 11.2. The summed E-state index contributed by atoms with van der Waals surface area (Å²) in [5.41, 5.74) is 3.81. The number of aliphatic carboxylic acids is 1. The summed E-state index contributed by atoms with van der Waals surface area (Å²) in [6, 6.07) is 13.5. The first-order chi connectivity index (χ1) is 12.6. The van der Waals surface area contributed by atoms with Gasteiger partial charge in [-0.3, -0.25) is 4.79 Å². The molecule has 0 aliphatic heterocycles. The molecule has 134 valence electrons. The zero-order valence-corrected chi connectivity index (χ0v) is 15.8. The van der Waals surface area contributed by atoms with Crippen LogP contribution in [0, 0.1) is 0 Å². The predicted octanol–water partition coefficient (Wildman–Crippen LogP) is 6.18. The summed E-state index contributed by atoms with van der Waals surface area (Å²) in [4.78, 5) is 15.6. The maximum Gasteiger partial charge on any atom is 0.303 e. The second-order valence-electron chi connectivity index (χ2n) is 5.98. The third-order valence-electron chi connectivity index (χ3n) is 4.21. The van der Waals surface area contributed by atoms with E-state index in [0.717, 1.165) is 33.9 Å². The van der Waals surface area contributed by atoms with Crippen molar-refractivity contribution >= 4 is 40.3 Å². The van der Waals surface area contributed by atoms with Crippen molar-refractivity contribution in [3.8, 4) is 10.6 Å². The number of aromatic nitrogens is 1. The van der Waals surface area contributed by atoms with E-state index in [1.807, 2.05) is 54.8 Å². The number of hydrogen-bond acceptors (Lipinski definition) is 4. The van der Waals surface area contributed by atoms with Crippen molar-refractivity contribution in [2.24, 2.45) is 0 Å². The van der Waals surface area contributed by atoms with E-state index < -0.39 is 5.97 Å². The van der Waals surface area contributed by atoms with Gasteiger partial charge in [-0.15, -0.1) is 11.3 Å². The van der Waals surface area contributed by atoms with E-state index in [1.54, 1.807) is 17.5 Å². The fourth-order valence-electron chi connectivity index (χ4n) is 2.86. The van der Waals surface area contributed by atoms with Gasteiger partial charge >= 0.3 is 5.97 Å². The van der Waals surface area contributed by atoms with E-state index in [2.05, 4.69) is 10.3 Å². The van der Waals surface area contributed by atoms with Crippen molar-refractivity contribution in [2.75, 3.05) is 5.32 Å². The average Bonchev–Trinajstić information content (AvgIpc) is 3.16. The lowest BCUT2D eigenvalue weighted by Crippen LogP contribution is -2.06. The normalized spacial score (nSPS) is 11.9. The number of halogens is 1. The number of carboxylic acids is 1. The molecule has 3 aromatic rings. The van der Waals surface area contributed by atoms with Crippen LogP contribution >= 0.6 is 22.9 Å². The van der Waals surface area contributed by atoms with E-state index in [0.29, 0.717) is 5.02 Å². The fraction of sp³-hybridized carbons (Fsp3) is 0.200. The van der Waals surface area contributed by atoms with Crippen LogP contribution in [0.3, 0.4) is 0 Å². The number of nitrogens with one attached hydrogen (secondary N) is 1. The Morgan fingerprint density at radius 3 is 2.65 bits per heavy atom. The van der Waals surface area contributed by atoms with Crippen molar-refractivity contribution in [3.05, 3.63) is 64.6 Å². The van der Waals surface area contributed by atoms with Gasteiger partial charge in [-0.2, -0.15) is 0 Å². The zero-order valence-electron chi connectivity index (χ0n) is 14.3. The summed E-state index contributed by atoms with van der Waals surface area (Å²) in [5, 5.41) is 16.1. The van der Waals surface area contributed by atoms with Gasteiger partial charge in [0.1, 0.15) is 5.01 Å². The van der Waals surface area contributed by atoms with Crippen LogP contribution in [0.1, 0.15) is 31.2 Å². The number of benzene rings is 2. The number of thiazole rings is 1. The van der Waals surface area contributed by atoms with Gasteiger partial charge in [-0.1, -0.05) is 24.6 Å². The maximum atomic E-state index is 11.2. The molecule has 0 radical (unpaired) electrons. The molecule has 1 heterocycles. The first-order valence-electron chi connectivity index (χ1n) is 8.35. The molecule has 0 saturated carbocycles. The third kappa shape index (κ3) is 4.42. The summed E-state index contributed by atoms with van der Waals surface area (Å²) >= 11 is 7.54. The average molecular weight is 387 g/mol. The number of carbonyl (C=O) groups is 1. The minimum atomic E-state index is -0.784.